The summed E-state index contributed by atoms with van der Waals surface area (Å²) in [7, 11) is 3.18. The zero-order valence-corrected chi connectivity index (χ0v) is 19.0. The summed E-state index contributed by atoms with van der Waals surface area (Å²) in [6, 6.07) is 15.0. The number of likely N-dealkylation sites (tertiary alicyclic amines) is 1. The topological polar surface area (TPSA) is 59.0 Å². The van der Waals surface area contributed by atoms with Crippen molar-refractivity contribution in [3.05, 3.63) is 59.7 Å². The van der Waals surface area contributed by atoms with Crippen LogP contribution in [0.5, 0.6) is 11.5 Å². The maximum Gasteiger partial charge on any atom is 0.229 e. The molecule has 6 heteroatoms. The molecular weight excluding hydrogens is 409 g/mol. The van der Waals surface area contributed by atoms with Crippen molar-refractivity contribution in [3.8, 4) is 11.5 Å². The molecule has 5 nitrogen and oxygen atoms in total. The molecule has 172 valence electrons. The molecule has 1 saturated carbocycles. The number of rotatable bonds is 6. The molecule has 1 N–H and O–H groups in total. The first kappa shape index (κ1) is 22.6. The van der Waals surface area contributed by atoms with Gasteiger partial charge in [-0.2, -0.15) is 0 Å². The van der Waals surface area contributed by atoms with Gasteiger partial charge in [0.2, 0.25) is 5.91 Å². The van der Waals surface area contributed by atoms with Crippen LogP contribution in [0.25, 0.3) is 0 Å². The number of methoxy groups -OCH3 is 2. The lowest BCUT2D eigenvalue weighted by atomic mass is 9.64. The van der Waals surface area contributed by atoms with E-state index in [4.69, 9.17) is 9.47 Å². The number of hydrogen-bond donors (Lipinski definition) is 1. The number of alkyl halides is 1. The van der Waals surface area contributed by atoms with Crippen LogP contribution in [0.15, 0.2) is 48.5 Å². The Morgan fingerprint density at radius 3 is 2.47 bits per heavy atom. The monoisotopic (exact) mass is 441 g/mol. The summed E-state index contributed by atoms with van der Waals surface area (Å²) >= 11 is 0. The molecule has 0 unspecified atom stereocenters. The molecular formula is C26H32FNO4. The van der Waals surface area contributed by atoms with E-state index in [1.54, 1.807) is 14.2 Å². The highest BCUT2D eigenvalue weighted by molar-refractivity contribution is 5.84. The van der Waals surface area contributed by atoms with E-state index in [0.717, 1.165) is 5.56 Å². The minimum atomic E-state index is -1.24. The Bertz CT molecular complexity index is 966. The molecule has 0 spiro atoms. The largest absolute Gasteiger partial charge is 0.496 e. The van der Waals surface area contributed by atoms with Crippen LogP contribution < -0.4 is 9.47 Å². The van der Waals surface area contributed by atoms with Gasteiger partial charge in [-0.3, -0.25) is 9.18 Å². The number of carbonyl (C=O) groups is 1. The van der Waals surface area contributed by atoms with Gasteiger partial charge < -0.3 is 19.5 Å². The predicted octanol–water partition coefficient (Wildman–Crippen LogP) is 4.15. The minimum absolute atomic E-state index is 0.00285. The Morgan fingerprint density at radius 1 is 1.12 bits per heavy atom. The molecule has 1 aliphatic heterocycles. The van der Waals surface area contributed by atoms with Gasteiger partial charge in [-0.25, -0.2) is 0 Å². The Morgan fingerprint density at radius 2 is 1.78 bits per heavy atom. The number of benzene rings is 2. The van der Waals surface area contributed by atoms with Gasteiger partial charge in [0.05, 0.1) is 32.4 Å². The van der Waals surface area contributed by atoms with Crippen LogP contribution >= 0.6 is 0 Å². The second-order valence-electron chi connectivity index (χ2n) is 9.16. The van der Waals surface area contributed by atoms with Crippen molar-refractivity contribution in [1.29, 1.82) is 0 Å². The third-order valence-electron chi connectivity index (χ3n) is 7.37. The van der Waals surface area contributed by atoms with Gasteiger partial charge in [0.25, 0.3) is 0 Å². The van der Waals surface area contributed by atoms with E-state index >= 15 is 0 Å². The number of para-hydroxylation sites is 2. The standard InChI is InChI=1S/C26H32FNO4/c1-17(20-8-4-6-10-23(20)31-2)25(29)28-15-19-12-18(14-27)13-26(30,22(19)16-28)21-9-5-7-11-24(21)32-3/h4-11,17-19,22,30H,12-16H2,1-3H3/t17-,18+,19-,22+,26+/m0/s1. The van der Waals surface area contributed by atoms with Crippen molar-refractivity contribution in [2.24, 2.45) is 17.8 Å². The second-order valence-corrected chi connectivity index (χ2v) is 9.16. The van der Waals surface area contributed by atoms with Crippen LogP contribution in [-0.2, 0) is 10.4 Å². The smallest absolute Gasteiger partial charge is 0.229 e. The predicted molar refractivity (Wildman–Crippen MR) is 121 cm³/mol. The van der Waals surface area contributed by atoms with Crippen LogP contribution in [0.4, 0.5) is 4.39 Å². The van der Waals surface area contributed by atoms with Gasteiger partial charge in [0.1, 0.15) is 11.5 Å². The normalized spacial score (nSPS) is 28.2. The van der Waals surface area contributed by atoms with E-state index < -0.39 is 12.3 Å². The number of ether oxygens (including phenoxy) is 2. The van der Waals surface area contributed by atoms with Crippen molar-refractivity contribution in [2.75, 3.05) is 34.0 Å². The van der Waals surface area contributed by atoms with Gasteiger partial charge in [0, 0.05) is 30.1 Å². The van der Waals surface area contributed by atoms with Crippen molar-refractivity contribution < 1.29 is 23.8 Å². The van der Waals surface area contributed by atoms with Crippen molar-refractivity contribution >= 4 is 5.91 Å². The zero-order chi connectivity index (χ0) is 22.9. The number of halogens is 1. The molecule has 1 aliphatic carbocycles. The molecule has 32 heavy (non-hydrogen) atoms. The van der Waals surface area contributed by atoms with Crippen LogP contribution in [0.1, 0.15) is 36.8 Å². The summed E-state index contributed by atoms with van der Waals surface area (Å²) in [5.41, 5.74) is 0.286. The van der Waals surface area contributed by atoms with E-state index in [1.165, 1.54) is 0 Å². The van der Waals surface area contributed by atoms with Gasteiger partial charge in [-0.1, -0.05) is 36.4 Å². The highest BCUT2D eigenvalue weighted by atomic mass is 19.1. The van der Waals surface area contributed by atoms with E-state index in [1.807, 2.05) is 60.4 Å². The van der Waals surface area contributed by atoms with Gasteiger partial charge >= 0.3 is 0 Å². The number of fused-ring (bicyclic) bond motifs is 1. The second kappa shape index (κ2) is 9.10. The van der Waals surface area contributed by atoms with Crippen LogP contribution in [0.3, 0.4) is 0 Å². The third-order valence-corrected chi connectivity index (χ3v) is 7.37. The van der Waals surface area contributed by atoms with E-state index in [2.05, 4.69) is 0 Å². The van der Waals surface area contributed by atoms with Gasteiger partial charge in [0.15, 0.2) is 0 Å². The quantitative estimate of drug-likeness (QED) is 0.732. The number of nitrogens with zero attached hydrogens (tertiary/aromatic N) is 1. The lowest BCUT2D eigenvalue weighted by Gasteiger charge is -2.44. The maximum atomic E-state index is 13.8. The highest BCUT2D eigenvalue weighted by Crippen LogP contribution is 2.52. The Labute approximate surface area is 189 Å². The minimum Gasteiger partial charge on any atom is -0.496 e. The zero-order valence-electron chi connectivity index (χ0n) is 19.0. The number of amides is 1. The first-order valence-corrected chi connectivity index (χ1v) is 11.3. The third kappa shape index (κ3) is 3.85. The molecule has 5 atom stereocenters. The Hall–Kier alpha value is -2.60. The lowest BCUT2D eigenvalue weighted by Crippen LogP contribution is -2.46. The average molecular weight is 442 g/mol. The van der Waals surface area contributed by atoms with E-state index in [9.17, 15) is 14.3 Å². The fraction of sp³-hybridized carbons (Fsp3) is 0.500. The van der Waals surface area contributed by atoms with Crippen LogP contribution in [0.2, 0.25) is 0 Å². The molecule has 0 aromatic heterocycles. The molecule has 0 bridgehead atoms. The summed E-state index contributed by atoms with van der Waals surface area (Å²) in [5.74, 6) is 0.538. The Kier molecular flexibility index (Phi) is 6.42. The van der Waals surface area contributed by atoms with Crippen molar-refractivity contribution in [1.82, 2.24) is 4.90 Å². The molecule has 1 heterocycles. The molecule has 1 saturated heterocycles. The first-order valence-electron chi connectivity index (χ1n) is 11.3. The SMILES string of the molecule is COc1ccccc1[C@H](C)C(=O)N1C[C@@H]2C[C@@H](CF)C[C@@](O)(c3ccccc3OC)[C@@H]2C1. The van der Waals surface area contributed by atoms with Gasteiger partial charge in [-0.05, 0) is 43.7 Å². The molecule has 2 fully saturated rings. The molecule has 0 radical (unpaired) electrons. The summed E-state index contributed by atoms with van der Waals surface area (Å²) in [5, 5.41) is 12.0. The lowest BCUT2D eigenvalue weighted by molar-refractivity contribution is -0.132. The molecule has 4 rings (SSSR count). The van der Waals surface area contributed by atoms with Crippen molar-refractivity contribution in [2.45, 2.75) is 31.3 Å². The average Bonchev–Trinajstić information content (AvgIpc) is 3.28. The van der Waals surface area contributed by atoms with E-state index in [-0.39, 0.29) is 29.6 Å². The molecule has 2 aromatic carbocycles. The maximum absolute atomic E-state index is 13.8. The summed E-state index contributed by atoms with van der Waals surface area (Å²) in [4.78, 5) is 15.3. The summed E-state index contributed by atoms with van der Waals surface area (Å²) < 4.78 is 24.8. The highest BCUT2D eigenvalue weighted by Gasteiger charge is 2.54. The molecule has 2 aliphatic rings. The van der Waals surface area contributed by atoms with Gasteiger partial charge in [-0.15, -0.1) is 0 Å². The summed E-state index contributed by atoms with van der Waals surface area (Å²) in [6.07, 6.45) is 1.00. The number of hydrogen-bond acceptors (Lipinski definition) is 4. The Balaban J connectivity index is 1.63. The fourth-order valence-corrected chi connectivity index (χ4v) is 5.79. The summed E-state index contributed by atoms with van der Waals surface area (Å²) in [6.45, 7) is 2.37. The molecule has 2 aromatic rings. The van der Waals surface area contributed by atoms with E-state index in [0.29, 0.717) is 43.0 Å². The number of carbonyl (C=O) groups excluding carboxylic acids is 1. The van der Waals surface area contributed by atoms with Crippen molar-refractivity contribution in [3.63, 3.8) is 0 Å². The van der Waals surface area contributed by atoms with Crippen LogP contribution in [-0.4, -0.2) is 49.9 Å². The fourth-order valence-electron chi connectivity index (χ4n) is 5.79. The first-order chi connectivity index (χ1) is 15.4. The molecule has 1 amide bonds. The van der Waals surface area contributed by atoms with Crippen LogP contribution in [0, 0.1) is 17.8 Å². The number of aliphatic hydroxyl groups is 1.